The number of nitrogens with one attached hydrogen (secondary N) is 3. The number of pyridine rings is 2. The Balaban J connectivity index is 0.000000169. The summed E-state index contributed by atoms with van der Waals surface area (Å²) in [4.78, 5) is 69.6. The predicted molar refractivity (Wildman–Crippen MR) is 327 cm³/mol. The molecule has 0 unspecified atom stereocenters. The van der Waals surface area contributed by atoms with Crippen LogP contribution in [0.2, 0.25) is 0 Å². The van der Waals surface area contributed by atoms with Gasteiger partial charge in [0.05, 0.1) is 57.3 Å². The van der Waals surface area contributed by atoms with E-state index in [1.165, 1.54) is 57.4 Å². The van der Waals surface area contributed by atoms with Crippen LogP contribution in [-0.4, -0.2) is 135 Å². The third kappa shape index (κ3) is 14.3. The van der Waals surface area contributed by atoms with E-state index in [2.05, 4.69) is 81.7 Å². The number of piperidine rings is 4. The monoisotopic (exact) mass is 1300 g/mol. The van der Waals surface area contributed by atoms with E-state index in [1.54, 1.807) is 31.7 Å². The number of amides is 3. The Hall–Kier alpha value is -6.60. The van der Waals surface area contributed by atoms with Gasteiger partial charge in [0.1, 0.15) is 18.9 Å². The lowest BCUT2D eigenvalue weighted by atomic mass is 9.92. The van der Waals surface area contributed by atoms with Crippen LogP contribution >= 0.6 is 31.9 Å². The SMILES string of the molecule is CC(=O)C1CCN(c2ccc(N3CC(=O)Nc4cnc5ccc(Br)cc5c43)cc2C(F)(F)F)CC1.CN1CCC(N)CC1.CN1CCC(NC(=O)C2CCN(c3ccc(N4CC(=O)Nc5cnc6ccc(Br)cc6c54)cc3C(F)(F)F)CC2)CC1. The molecule has 2 aromatic heterocycles. The molecule has 6 aliphatic heterocycles. The molecule has 3 amide bonds. The molecule has 0 saturated carbocycles. The minimum atomic E-state index is -4.61. The number of aromatic nitrogens is 2. The van der Waals surface area contributed by atoms with Crippen molar-refractivity contribution < 1.29 is 45.5 Å². The van der Waals surface area contributed by atoms with Crippen LogP contribution in [0.25, 0.3) is 21.8 Å². The van der Waals surface area contributed by atoms with Crippen LogP contribution in [0, 0.1) is 11.8 Å². The molecule has 4 fully saturated rings. The first-order valence-corrected chi connectivity index (χ1v) is 30.2. The van der Waals surface area contributed by atoms with E-state index in [0.29, 0.717) is 102 Å². The van der Waals surface area contributed by atoms with Crippen molar-refractivity contribution in [3.8, 4) is 0 Å². The van der Waals surface area contributed by atoms with Gasteiger partial charge in [-0.15, -0.1) is 0 Å². The lowest BCUT2D eigenvalue weighted by molar-refractivity contribution is -0.138. The molecule has 0 bridgehead atoms. The molecular formula is C61H68Br2F6N12O4. The Bertz CT molecular complexity index is 3460. The summed E-state index contributed by atoms with van der Waals surface area (Å²) < 4.78 is 87.8. The second kappa shape index (κ2) is 25.8. The maximum atomic E-state index is 14.5. The number of alkyl halides is 6. The number of nitrogens with zero attached hydrogens (tertiary/aromatic N) is 8. The molecular weight excluding hydrogens is 1240 g/mol. The lowest BCUT2D eigenvalue weighted by Crippen LogP contribution is -2.47. The summed E-state index contributed by atoms with van der Waals surface area (Å²) in [6, 6.07) is 20.1. The van der Waals surface area contributed by atoms with Crippen LogP contribution in [0.4, 0.5) is 71.8 Å². The number of Topliss-reactive ketones (excluding diaryl/α,β-unsaturated/α-hetero) is 1. The molecule has 5 N–H and O–H groups in total. The van der Waals surface area contributed by atoms with Gasteiger partial charge in [-0.25, -0.2) is 0 Å². The molecule has 8 heterocycles. The van der Waals surface area contributed by atoms with Crippen molar-refractivity contribution in [3.05, 3.63) is 105 Å². The Morgan fingerprint density at radius 1 is 0.576 bits per heavy atom. The molecule has 4 aromatic carbocycles. The zero-order chi connectivity index (χ0) is 60.5. The van der Waals surface area contributed by atoms with Gasteiger partial charge in [-0.3, -0.25) is 29.1 Å². The number of anilines is 8. The number of benzene rings is 4. The number of carbonyl (C=O) groups excluding carboxylic acids is 4. The number of nitrogens with two attached hydrogens (primary N) is 1. The molecule has 16 nitrogen and oxygen atoms in total. The molecule has 0 atom stereocenters. The fourth-order valence-electron chi connectivity index (χ4n) is 12.1. The number of fused-ring (bicyclic) bond motifs is 6. The van der Waals surface area contributed by atoms with Crippen LogP contribution in [0.1, 0.15) is 69.4 Å². The second-order valence-electron chi connectivity index (χ2n) is 22.9. The van der Waals surface area contributed by atoms with Crippen molar-refractivity contribution in [1.29, 1.82) is 0 Å². The molecule has 85 heavy (non-hydrogen) atoms. The van der Waals surface area contributed by atoms with Crippen LogP contribution in [-0.2, 0) is 31.5 Å². The number of hydrogen-bond donors (Lipinski definition) is 4. The summed E-state index contributed by atoms with van der Waals surface area (Å²) in [6.07, 6.45) is 0.0670. The van der Waals surface area contributed by atoms with E-state index in [9.17, 15) is 45.5 Å². The van der Waals surface area contributed by atoms with E-state index >= 15 is 0 Å². The summed E-state index contributed by atoms with van der Waals surface area (Å²) in [5.41, 5.74) is 8.25. The van der Waals surface area contributed by atoms with Crippen LogP contribution < -0.4 is 41.3 Å². The van der Waals surface area contributed by atoms with Gasteiger partial charge < -0.3 is 51.1 Å². The number of hydrogen-bond acceptors (Lipinski definition) is 13. The first-order chi connectivity index (χ1) is 40.5. The number of carbonyl (C=O) groups is 4. The van der Waals surface area contributed by atoms with Gasteiger partial charge in [-0.05, 0) is 171 Å². The fraction of sp³-hybridized carbons (Fsp3) is 0.443. The third-order valence-electron chi connectivity index (χ3n) is 16.9. The maximum absolute atomic E-state index is 14.5. The van der Waals surface area contributed by atoms with Gasteiger partial charge in [0, 0.05) is 92.6 Å². The highest BCUT2D eigenvalue weighted by Gasteiger charge is 2.40. The molecule has 24 heteroatoms. The summed E-state index contributed by atoms with van der Waals surface area (Å²) >= 11 is 6.91. The minimum absolute atomic E-state index is 0.00555. The van der Waals surface area contributed by atoms with E-state index in [1.807, 2.05) is 36.4 Å². The van der Waals surface area contributed by atoms with E-state index in [0.717, 1.165) is 47.0 Å². The van der Waals surface area contributed by atoms with Crippen LogP contribution in [0.3, 0.4) is 0 Å². The number of rotatable bonds is 7. The van der Waals surface area contributed by atoms with Crippen LogP contribution in [0.15, 0.2) is 94.1 Å². The Morgan fingerprint density at radius 3 is 1.39 bits per heavy atom. The van der Waals surface area contributed by atoms with Crippen molar-refractivity contribution >= 4 is 123 Å². The summed E-state index contributed by atoms with van der Waals surface area (Å²) in [7, 11) is 4.21. The zero-order valence-electron chi connectivity index (χ0n) is 47.4. The first-order valence-electron chi connectivity index (χ1n) is 28.6. The Morgan fingerprint density at radius 2 is 0.988 bits per heavy atom. The van der Waals surface area contributed by atoms with E-state index < -0.39 is 23.5 Å². The summed E-state index contributed by atoms with van der Waals surface area (Å²) in [5, 5.41) is 10.2. The van der Waals surface area contributed by atoms with Crippen LogP contribution in [0.5, 0.6) is 0 Å². The first kappa shape index (κ1) is 61.5. The molecule has 6 aromatic rings. The average molecular weight is 1310 g/mol. The molecule has 0 spiro atoms. The highest BCUT2D eigenvalue weighted by molar-refractivity contribution is 9.10. The van der Waals surface area contributed by atoms with Gasteiger partial charge in [0.2, 0.25) is 17.7 Å². The second-order valence-corrected chi connectivity index (χ2v) is 24.7. The molecule has 452 valence electrons. The topological polar surface area (TPSA) is 176 Å². The van der Waals surface area contributed by atoms with Gasteiger partial charge in [-0.2, -0.15) is 26.3 Å². The Kier molecular flexibility index (Phi) is 18.6. The van der Waals surface area contributed by atoms with Crippen molar-refractivity contribution in [3.63, 3.8) is 0 Å². The normalized spacial score (nSPS) is 18.9. The summed E-state index contributed by atoms with van der Waals surface area (Å²) in [6.45, 7) is 6.99. The number of likely N-dealkylation sites (tertiary alicyclic amines) is 2. The highest BCUT2D eigenvalue weighted by atomic mass is 79.9. The zero-order valence-corrected chi connectivity index (χ0v) is 50.6. The highest BCUT2D eigenvalue weighted by Crippen LogP contribution is 2.47. The van der Waals surface area contributed by atoms with Crippen molar-refractivity contribution in [2.45, 2.75) is 82.7 Å². The summed E-state index contributed by atoms with van der Waals surface area (Å²) in [5.74, 6) is -0.907. The molecule has 0 radical (unpaired) electrons. The standard InChI is InChI=1S/C30H32BrF3N6O2.C25H22BrF3N4O2.C6H14N2/c1-38-10-8-20(9-11-38)36-29(42)18-6-12-39(13-7-18)26-5-3-21(15-23(26)30(32,33)34)40-17-27(41)37-25-16-35-24-4-2-19(31)14-22(24)28(25)40;1-14(34)15-6-8-32(9-7-15)22-5-3-17(11-19(22)25(27,28)29)33-13-23(35)31-21-12-30-20-4-2-16(26)10-18(20)24(21)33;1-8-4-2-6(7)3-5-8/h2-5,14-16,18,20H,6-13,17H2,1H3,(H,36,42)(H,37,41);2-5,10-12,15H,6-9,13H2,1H3,(H,31,35);6H,2-5,7H2,1H3. The number of halogens is 8. The maximum Gasteiger partial charge on any atom is 0.418 e. The van der Waals surface area contributed by atoms with E-state index in [-0.39, 0.29) is 77.2 Å². The largest absolute Gasteiger partial charge is 0.418 e. The molecule has 12 rings (SSSR count). The van der Waals surface area contributed by atoms with Crippen molar-refractivity contribution in [1.82, 2.24) is 25.1 Å². The van der Waals surface area contributed by atoms with E-state index in [4.69, 9.17) is 5.73 Å². The molecule has 0 aliphatic carbocycles. The van der Waals surface area contributed by atoms with Crippen molar-refractivity contribution in [2.75, 3.05) is 110 Å². The van der Waals surface area contributed by atoms with Gasteiger partial charge >= 0.3 is 12.4 Å². The Labute approximate surface area is 506 Å². The lowest BCUT2D eigenvalue weighted by Gasteiger charge is -2.37. The van der Waals surface area contributed by atoms with Gasteiger partial charge in [0.15, 0.2) is 0 Å². The minimum Gasteiger partial charge on any atom is -0.371 e. The predicted octanol–water partition coefficient (Wildman–Crippen LogP) is 11.5. The third-order valence-corrected chi connectivity index (χ3v) is 17.9. The van der Waals surface area contributed by atoms with Gasteiger partial charge in [0.25, 0.3) is 0 Å². The van der Waals surface area contributed by atoms with Gasteiger partial charge in [-0.1, -0.05) is 31.9 Å². The molecule has 6 aliphatic rings. The van der Waals surface area contributed by atoms with Crippen molar-refractivity contribution in [2.24, 2.45) is 17.6 Å². The molecule has 4 saturated heterocycles. The number of ketones is 1. The smallest absolute Gasteiger partial charge is 0.371 e. The average Bonchev–Trinajstić information content (AvgIpc) is 2.23. The quantitative estimate of drug-likeness (QED) is 0.111. The fourth-order valence-corrected chi connectivity index (χ4v) is 12.9.